The van der Waals surface area contributed by atoms with Gasteiger partial charge in [-0.15, -0.1) is 0 Å². The van der Waals surface area contributed by atoms with Crippen molar-refractivity contribution in [3.8, 4) is 0 Å². The van der Waals surface area contributed by atoms with E-state index in [1.807, 2.05) is 19.9 Å². The molecule has 6 heteroatoms. The zero-order valence-corrected chi connectivity index (χ0v) is 12.9. The molecule has 1 saturated heterocycles. The molecule has 0 radical (unpaired) electrons. The molecule has 1 amide bonds. The summed E-state index contributed by atoms with van der Waals surface area (Å²) in [5, 5.41) is 7.04. The fourth-order valence-corrected chi connectivity index (χ4v) is 2.80. The quantitative estimate of drug-likeness (QED) is 0.930. The van der Waals surface area contributed by atoms with Crippen molar-refractivity contribution >= 4 is 5.91 Å². The highest BCUT2D eigenvalue weighted by molar-refractivity contribution is 5.92. The second-order valence-corrected chi connectivity index (χ2v) is 5.71. The van der Waals surface area contributed by atoms with Crippen LogP contribution in [0.25, 0.3) is 0 Å². The van der Waals surface area contributed by atoms with Gasteiger partial charge in [-0.25, -0.2) is 0 Å². The minimum Gasteiger partial charge on any atom is -0.361 e. The molecule has 116 valence electrons. The number of pyridine rings is 1. The average Bonchev–Trinajstić information content (AvgIpc) is 3.10. The Balaban J connectivity index is 1.55. The van der Waals surface area contributed by atoms with E-state index in [4.69, 9.17) is 4.52 Å². The number of aryl methyl sites for hydroxylation is 2. The van der Waals surface area contributed by atoms with E-state index in [-0.39, 0.29) is 11.9 Å². The van der Waals surface area contributed by atoms with Crippen LogP contribution in [0, 0.1) is 13.8 Å². The number of carbonyl (C=O) groups is 1. The topological polar surface area (TPSA) is 71.3 Å². The number of aromatic nitrogens is 2. The van der Waals surface area contributed by atoms with Crippen LogP contribution in [0.2, 0.25) is 0 Å². The van der Waals surface area contributed by atoms with E-state index in [9.17, 15) is 4.79 Å². The van der Waals surface area contributed by atoms with Gasteiger partial charge in [0.1, 0.15) is 11.5 Å². The van der Waals surface area contributed by atoms with E-state index in [0.29, 0.717) is 5.69 Å². The van der Waals surface area contributed by atoms with Crippen molar-refractivity contribution in [2.75, 3.05) is 13.1 Å². The lowest BCUT2D eigenvalue weighted by Gasteiger charge is -2.16. The third kappa shape index (κ3) is 3.17. The van der Waals surface area contributed by atoms with Gasteiger partial charge in [-0.1, -0.05) is 11.2 Å². The van der Waals surface area contributed by atoms with Crippen LogP contribution < -0.4 is 5.32 Å². The molecule has 0 aromatic carbocycles. The Kier molecular flexibility index (Phi) is 4.20. The highest BCUT2D eigenvalue weighted by atomic mass is 16.5. The van der Waals surface area contributed by atoms with Crippen LogP contribution in [0.15, 0.2) is 28.9 Å². The van der Waals surface area contributed by atoms with Crippen molar-refractivity contribution in [2.45, 2.75) is 32.9 Å². The molecule has 22 heavy (non-hydrogen) atoms. The van der Waals surface area contributed by atoms with E-state index in [0.717, 1.165) is 43.1 Å². The summed E-state index contributed by atoms with van der Waals surface area (Å²) in [4.78, 5) is 18.5. The highest BCUT2D eigenvalue weighted by Crippen LogP contribution is 2.18. The zero-order chi connectivity index (χ0) is 15.5. The Hall–Kier alpha value is -2.21. The molecule has 1 N–H and O–H groups in total. The molecular weight excluding hydrogens is 280 g/mol. The van der Waals surface area contributed by atoms with Gasteiger partial charge >= 0.3 is 0 Å². The van der Waals surface area contributed by atoms with Gasteiger partial charge in [-0.2, -0.15) is 0 Å². The van der Waals surface area contributed by atoms with Gasteiger partial charge in [-0.3, -0.25) is 14.7 Å². The summed E-state index contributed by atoms with van der Waals surface area (Å²) in [6.07, 6.45) is 2.58. The summed E-state index contributed by atoms with van der Waals surface area (Å²) in [6, 6.07) is 5.51. The lowest BCUT2D eigenvalue weighted by Crippen LogP contribution is -2.37. The van der Waals surface area contributed by atoms with Gasteiger partial charge in [0, 0.05) is 37.4 Å². The Morgan fingerprint density at radius 2 is 2.32 bits per heavy atom. The van der Waals surface area contributed by atoms with Gasteiger partial charge in [0.15, 0.2) is 0 Å². The molecule has 0 unspecified atom stereocenters. The first-order valence-electron chi connectivity index (χ1n) is 7.49. The summed E-state index contributed by atoms with van der Waals surface area (Å²) >= 11 is 0. The van der Waals surface area contributed by atoms with Crippen LogP contribution in [0.5, 0.6) is 0 Å². The molecule has 0 saturated carbocycles. The number of nitrogens with one attached hydrogen (secondary N) is 1. The lowest BCUT2D eigenvalue weighted by atomic mass is 10.2. The van der Waals surface area contributed by atoms with Crippen molar-refractivity contribution < 1.29 is 9.32 Å². The molecule has 0 bridgehead atoms. The third-order valence-electron chi connectivity index (χ3n) is 4.07. The molecule has 1 fully saturated rings. The van der Waals surface area contributed by atoms with E-state index in [1.165, 1.54) is 0 Å². The van der Waals surface area contributed by atoms with Crippen molar-refractivity contribution in [3.05, 3.63) is 47.1 Å². The number of likely N-dealkylation sites (tertiary alicyclic amines) is 1. The number of nitrogens with zero attached hydrogens (tertiary/aromatic N) is 3. The van der Waals surface area contributed by atoms with Crippen LogP contribution in [0.4, 0.5) is 0 Å². The first kappa shape index (κ1) is 14.7. The Morgan fingerprint density at radius 3 is 3.00 bits per heavy atom. The van der Waals surface area contributed by atoms with Crippen LogP contribution in [0.3, 0.4) is 0 Å². The fourth-order valence-electron chi connectivity index (χ4n) is 2.80. The molecule has 6 nitrogen and oxygen atoms in total. The molecule has 1 atom stereocenters. The molecule has 0 aliphatic carbocycles. The van der Waals surface area contributed by atoms with Gasteiger partial charge in [0.25, 0.3) is 5.91 Å². The summed E-state index contributed by atoms with van der Waals surface area (Å²) in [5.74, 6) is 0.767. The molecule has 3 heterocycles. The molecule has 2 aromatic heterocycles. The molecular formula is C16H20N4O2. The Labute approximate surface area is 129 Å². The van der Waals surface area contributed by atoms with Crippen molar-refractivity contribution in [1.82, 2.24) is 20.4 Å². The summed E-state index contributed by atoms with van der Waals surface area (Å²) in [5.41, 5.74) is 2.56. The fraction of sp³-hybridized carbons (Fsp3) is 0.438. The normalized spacial score (nSPS) is 18.5. The molecule has 2 aromatic rings. The van der Waals surface area contributed by atoms with Crippen LogP contribution in [-0.4, -0.2) is 40.1 Å². The van der Waals surface area contributed by atoms with Gasteiger partial charge < -0.3 is 9.84 Å². The highest BCUT2D eigenvalue weighted by Gasteiger charge is 2.26. The molecule has 3 rings (SSSR count). The largest absolute Gasteiger partial charge is 0.361 e. The van der Waals surface area contributed by atoms with Crippen LogP contribution in [-0.2, 0) is 6.54 Å². The Bertz CT molecular complexity index is 634. The van der Waals surface area contributed by atoms with Crippen molar-refractivity contribution in [2.24, 2.45) is 0 Å². The van der Waals surface area contributed by atoms with Gasteiger partial charge in [0.2, 0.25) is 0 Å². The summed E-state index contributed by atoms with van der Waals surface area (Å²) in [7, 11) is 0. The predicted molar refractivity (Wildman–Crippen MR) is 81.4 cm³/mol. The van der Waals surface area contributed by atoms with E-state index >= 15 is 0 Å². The number of hydrogen-bond donors (Lipinski definition) is 1. The van der Waals surface area contributed by atoms with Gasteiger partial charge in [0.05, 0.1) is 5.69 Å². The van der Waals surface area contributed by atoms with E-state index in [1.54, 1.807) is 18.3 Å². The average molecular weight is 300 g/mol. The van der Waals surface area contributed by atoms with Crippen LogP contribution in [0.1, 0.15) is 33.9 Å². The SMILES string of the molecule is Cc1noc(C)c1CN1CC[C@H](NC(=O)c2ccccn2)C1. The maximum Gasteiger partial charge on any atom is 0.270 e. The minimum absolute atomic E-state index is 0.107. The Morgan fingerprint density at radius 1 is 1.45 bits per heavy atom. The second-order valence-electron chi connectivity index (χ2n) is 5.71. The van der Waals surface area contributed by atoms with E-state index < -0.39 is 0 Å². The van der Waals surface area contributed by atoms with Crippen molar-refractivity contribution in [1.29, 1.82) is 0 Å². The first-order valence-corrected chi connectivity index (χ1v) is 7.49. The smallest absolute Gasteiger partial charge is 0.270 e. The zero-order valence-electron chi connectivity index (χ0n) is 12.9. The second kappa shape index (κ2) is 6.27. The molecule has 1 aliphatic rings. The predicted octanol–water partition coefficient (Wildman–Crippen LogP) is 1.69. The monoisotopic (exact) mass is 300 g/mol. The lowest BCUT2D eigenvalue weighted by molar-refractivity contribution is 0.0932. The maximum atomic E-state index is 12.1. The number of hydrogen-bond acceptors (Lipinski definition) is 5. The minimum atomic E-state index is -0.107. The molecule has 1 aliphatic heterocycles. The van der Waals surface area contributed by atoms with E-state index in [2.05, 4.69) is 20.4 Å². The third-order valence-corrected chi connectivity index (χ3v) is 4.07. The van der Waals surface area contributed by atoms with Crippen LogP contribution >= 0.6 is 0 Å². The number of carbonyl (C=O) groups excluding carboxylic acids is 1. The summed E-state index contributed by atoms with van der Waals surface area (Å²) in [6.45, 7) is 6.50. The summed E-state index contributed by atoms with van der Waals surface area (Å²) < 4.78 is 5.20. The first-order chi connectivity index (χ1) is 10.6. The number of rotatable bonds is 4. The number of amides is 1. The standard InChI is InChI=1S/C16H20N4O2/c1-11-14(12(2)22-19-11)10-20-8-6-13(9-20)18-16(21)15-5-3-4-7-17-15/h3-5,7,13H,6,8-10H2,1-2H3,(H,18,21)/t13-/m0/s1. The van der Waals surface area contributed by atoms with Crippen molar-refractivity contribution in [3.63, 3.8) is 0 Å². The maximum absolute atomic E-state index is 12.1. The van der Waals surface area contributed by atoms with Gasteiger partial charge in [-0.05, 0) is 32.4 Å². The molecule has 0 spiro atoms.